The molecular weight excluding hydrogens is 312 g/mol. The third-order valence-corrected chi connectivity index (χ3v) is 3.56. The van der Waals surface area contributed by atoms with Gasteiger partial charge in [0.1, 0.15) is 11.5 Å². The second-order valence-electron chi connectivity index (χ2n) is 5.12. The van der Waals surface area contributed by atoms with Gasteiger partial charge in [0, 0.05) is 22.2 Å². The molecule has 0 radical (unpaired) electrons. The van der Waals surface area contributed by atoms with Crippen LogP contribution in [0.15, 0.2) is 42.5 Å². The van der Waals surface area contributed by atoms with E-state index in [1.54, 1.807) is 44.4 Å². The van der Waals surface area contributed by atoms with Crippen molar-refractivity contribution in [1.82, 2.24) is 0 Å². The summed E-state index contributed by atoms with van der Waals surface area (Å²) in [5.74, 6) is 7.08. The van der Waals surface area contributed by atoms with Gasteiger partial charge in [-0.3, -0.25) is 0 Å². The number of rotatable bonds is 4. The van der Waals surface area contributed by atoms with Crippen LogP contribution in [0.25, 0.3) is 0 Å². The number of halogens is 1. The Bertz CT molecular complexity index is 725. The summed E-state index contributed by atoms with van der Waals surface area (Å²) in [5.41, 5.74) is 0.0268. The lowest BCUT2D eigenvalue weighted by Crippen LogP contribution is -2.20. The van der Waals surface area contributed by atoms with Crippen molar-refractivity contribution in [2.75, 3.05) is 13.7 Å². The zero-order chi connectivity index (χ0) is 16.9. The van der Waals surface area contributed by atoms with Gasteiger partial charge in [-0.25, -0.2) is 0 Å². The van der Waals surface area contributed by atoms with Gasteiger partial charge >= 0.3 is 0 Å². The van der Waals surface area contributed by atoms with Crippen molar-refractivity contribution < 1.29 is 14.6 Å². The van der Waals surface area contributed by atoms with Gasteiger partial charge in [-0.15, -0.1) is 0 Å². The van der Waals surface area contributed by atoms with Crippen molar-refractivity contribution in [3.8, 4) is 23.3 Å². The molecule has 23 heavy (non-hydrogen) atoms. The van der Waals surface area contributed by atoms with Crippen LogP contribution in [0.1, 0.15) is 25.0 Å². The Kier molecular flexibility index (Phi) is 5.54. The Morgan fingerprint density at radius 3 is 2.48 bits per heavy atom. The zero-order valence-corrected chi connectivity index (χ0v) is 14.1. The van der Waals surface area contributed by atoms with Crippen molar-refractivity contribution >= 4 is 11.6 Å². The number of aliphatic hydroxyl groups is 1. The van der Waals surface area contributed by atoms with Gasteiger partial charge in [-0.1, -0.05) is 23.4 Å². The van der Waals surface area contributed by atoms with E-state index in [9.17, 15) is 5.11 Å². The minimum Gasteiger partial charge on any atom is -0.497 e. The highest BCUT2D eigenvalue weighted by Crippen LogP contribution is 2.33. The van der Waals surface area contributed by atoms with Gasteiger partial charge in [0.25, 0.3) is 0 Å². The summed E-state index contributed by atoms with van der Waals surface area (Å²) in [6.45, 7) is 4.01. The van der Waals surface area contributed by atoms with Gasteiger partial charge < -0.3 is 14.6 Å². The van der Waals surface area contributed by atoms with Crippen LogP contribution in [-0.2, 0) is 5.60 Å². The molecule has 2 aromatic rings. The quantitative estimate of drug-likeness (QED) is 0.861. The molecule has 1 atom stereocenters. The normalized spacial score (nSPS) is 12.7. The van der Waals surface area contributed by atoms with Gasteiger partial charge in [0.05, 0.1) is 13.7 Å². The van der Waals surface area contributed by atoms with Crippen molar-refractivity contribution in [2.24, 2.45) is 0 Å². The molecule has 0 amide bonds. The standard InChI is InChI=1S/C19H19ClO3/c1-4-23-18-13-16(22-3)9-10-17(18)19(2,21)12-11-14-5-7-15(20)8-6-14/h5-10,13,21H,4H2,1-3H3. The van der Waals surface area contributed by atoms with E-state index in [-0.39, 0.29) is 0 Å². The van der Waals surface area contributed by atoms with Crippen molar-refractivity contribution in [2.45, 2.75) is 19.4 Å². The highest BCUT2D eigenvalue weighted by molar-refractivity contribution is 6.30. The van der Waals surface area contributed by atoms with Crippen molar-refractivity contribution in [3.05, 3.63) is 58.6 Å². The Labute approximate surface area is 141 Å². The first kappa shape index (κ1) is 17.2. The predicted molar refractivity (Wildman–Crippen MR) is 92.1 cm³/mol. The molecule has 2 rings (SSSR count). The van der Waals surface area contributed by atoms with Crippen LogP contribution in [0, 0.1) is 11.8 Å². The van der Waals surface area contributed by atoms with Crippen LogP contribution in [0.5, 0.6) is 11.5 Å². The molecule has 0 aliphatic heterocycles. The minimum absolute atomic E-state index is 0.487. The van der Waals surface area contributed by atoms with Gasteiger partial charge in [-0.05, 0) is 50.2 Å². The molecular formula is C19H19ClO3. The Morgan fingerprint density at radius 1 is 1.17 bits per heavy atom. The number of benzene rings is 2. The topological polar surface area (TPSA) is 38.7 Å². The average Bonchev–Trinajstić information content (AvgIpc) is 2.54. The van der Waals surface area contributed by atoms with Gasteiger partial charge in [0.2, 0.25) is 0 Å². The lowest BCUT2D eigenvalue weighted by Gasteiger charge is -2.21. The van der Waals surface area contributed by atoms with Gasteiger partial charge in [0.15, 0.2) is 5.60 Å². The Balaban J connectivity index is 2.37. The first-order chi connectivity index (χ1) is 11.0. The fraction of sp³-hybridized carbons (Fsp3) is 0.263. The third-order valence-electron chi connectivity index (χ3n) is 3.31. The van der Waals surface area contributed by atoms with E-state index < -0.39 is 5.60 Å². The number of hydrogen-bond donors (Lipinski definition) is 1. The lowest BCUT2D eigenvalue weighted by molar-refractivity contribution is 0.117. The molecule has 2 aromatic carbocycles. The molecule has 0 bridgehead atoms. The summed E-state index contributed by atoms with van der Waals surface area (Å²) >= 11 is 5.86. The summed E-state index contributed by atoms with van der Waals surface area (Å²) in [6.07, 6.45) is 0. The Morgan fingerprint density at radius 2 is 1.87 bits per heavy atom. The fourth-order valence-electron chi connectivity index (χ4n) is 2.10. The molecule has 0 fully saturated rings. The van der Waals surface area contributed by atoms with E-state index in [1.165, 1.54) is 0 Å². The van der Waals surface area contributed by atoms with Crippen LogP contribution in [-0.4, -0.2) is 18.8 Å². The lowest BCUT2D eigenvalue weighted by atomic mass is 9.95. The fourth-order valence-corrected chi connectivity index (χ4v) is 2.23. The van der Waals surface area contributed by atoms with E-state index in [2.05, 4.69) is 11.8 Å². The maximum absolute atomic E-state index is 10.8. The molecule has 0 aliphatic carbocycles. The predicted octanol–water partition coefficient (Wildman–Crippen LogP) is 4.01. The van der Waals surface area contributed by atoms with Crippen molar-refractivity contribution in [1.29, 1.82) is 0 Å². The number of ether oxygens (including phenoxy) is 2. The number of methoxy groups -OCH3 is 1. The maximum Gasteiger partial charge on any atom is 0.152 e. The molecule has 120 valence electrons. The highest BCUT2D eigenvalue weighted by Gasteiger charge is 2.25. The van der Waals surface area contributed by atoms with Crippen LogP contribution in [0.4, 0.5) is 0 Å². The highest BCUT2D eigenvalue weighted by atomic mass is 35.5. The summed E-state index contributed by atoms with van der Waals surface area (Å²) in [7, 11) is 1.59. The Hall–Kier alpha value is -2.15. The van der Waals surface area contributed by atoms with Gasteiger partial charge in [-0.2, -0.15) is 0 Å². The summed E-state index contributed by atoms with van der Waals surface area (Å²) < 4.78 is 10.8. The van der Waals surface area contributed by atoms with Crippen LogP contribution in [0.3, 0.4) is 0 Å². The molecule has 1 N–H and O–H groups in total. The van der Waals surface area contributed by atoms with Crippen molar-refractivity contribution in [3.63, 3.8) is 0 Å². The third kappa shape index (κ3) is 4.41. The van der Waals surface area contributed by atoms with E-state index >= 15 is 0 Å². The minimum atomic E-state index is -1.35. The molecule has 0 heterocycles. The van der Waals surface area contributed by atoms with E-state index in [4.69, 9.17) is 21.1 Å². The molecule has 3 nitrogen and oxygen atoms in total. The first-order valence-corrected chi connectivity index (χ1v) is 7.66. The summed E-state index contributed by atoms with van der Waals surface area (Å²) in [4.78, 5) is 0. The first-order valence-electron chi connectivity index (χ1n) is 7.28. The molecule has 0 aliphatic rings. The van der Waals surface area contributed by atoms with E-state index in [0.29, 0.717) is 28.7 Å². The molecule has 1 unspecified atom stereocenters. The smallest absolute Gasteiger partial charge is 0.152 e. The molecule has 0 saturated heterocycles. The summed E-state index contributed by atoms with van der Waals surface area (Å²) in [6, 6.07) is 12.4. The largest absolute Gasteiger partial charge is 0.497 e. The maximum atomic E-state index is 10.8. The monoisotopic (exact) mass is 330 g/mol. The number of hydrogen-bond acceptors (Lipinski definition) is 3. The summed E-state index contributed by atoms with van der Waals surface area (Å²) in [5, 5.41) is 11.4. The van der Waals surface area contributed by atoms with Crippen LogP contribution < -0.4 is 9.47 Å². The second-order valence-corrected chi connectivity index (χ2v) is 5.56. The molecule has 0 saturated carbocycles. The zero-order valence-electron chi connectivity index (χ0n) is 13.4. The average molecular weight is 331 g/mol. The second kappa shape index (κ2) is 7.41. The molecule has 0 aromatic heterocycles. The SMILES string of the molecule is CCOc1cc(OC)ccc1C(C)(O)C#Cc1ccc(Cl)cc1. The van der Waals surface area contributed by atoms with Crippen LogP contribution >= 0.6 is 11.6 Å². The van der Waals surface area contributed by atoms with Crippen LogP contribution in [0.2, 0.25) is 5.02 Å². The molecule has 4 heteroatoms. The van der Waals surface area contributed by atoms with E-state index in [1.807, 2.05) is 19.1 Å². The molecule has 0 spiro atoms. The van der Waals surface area contributed by atoms with E-state index in [0.717, 1.165) is 5.56 Å².